The molecule has 1 aliphatic rings. The first kappa shape index (κ1) is 13.3. The number of nitrogens with zero attached hydrogens (tertiary/aromatic N) is 3. The van der Waals surface area contributed by atoms with E-state index in [2.05, 4.69) is 10.1 Å². The molecule has 1 fully saturated rings. The summed E-state index contributed by atoms with van der Waals surface area (Å²) in [7, 11) is 0. The van der Waals surface area contributed by atoms with Crippen molar-refractivity contribution in [1.29, 1.82) is 0 Å². The van der Waals surface area contributed by atoms with Gasteiger partial charge < -0.3 is 9.84 Å². The second kappa shape index (κ2) is 5.42. The van der Waals surface area contributed by atoms with E-state index in [1.807, 2.05) is 28.9 Å². The summed E-state index contributed by atoms with van der Waals surface area (Å²) in [6, 6.07) is 9.45. The third kappa shape index (κ3) is 2.23. The molecule has 1 atom stereocenters. The van der Waals surface area contributed by atoms with Gasteiger partial charge in [0.25, 0.3) is 0 Å². The first-order valence-electron chi connectivity index (χ1n) is 7.56. The predicted molar refractivity (Wildman–Crippen MR) is 83.5 cm³/mol. The number of aromatic hydroxyl groups is 1. The molecule has 3 heterocycles. The van der Waals surface area contributed by atoms with Crippen molar-refractivity contribution in [2.45, 2.75) is 25.5 Å². The van der Waals surface area contributed by atoms with E-state index in [1.165, 1.54) is 0 Å². The molecule has 0 aliphatic carbocycles. The van der Waals surface area contributed by atoms with Gasteiger partial charge in [0.05, 0.1) is 11.2 Å². The van der Waals surface area contributed by atoms with Crippen LogP contribution < -0.4 is 0 Å². The minimum Gasteiger partial charge on any atom is -0.507 e. The van der Waals surface area contributed by atoms with Crippen molar-refractivity contribution in [3.8, 4) is 17.0 Å². The molecule has 0 saturated carbocycles. The van der Waals surface area contributed by atoms with Crippen LogP contribution in [0.4, 0.5) is 0 Å². The van der Waals surface area contributed by atoms with Gasteiger partial charge in [-0.1, -0.05) is 6.07 Å². The Morgan fingerprint density at radius 2 is 2.09 bits per heavy atom. The maximum Gasteiger partial charge on any atom is 0.150 e. The first-order chi connectivity index (χ1) is 10.8. The number of rotatable bonds is 2. The number of aromatic nitrogens is 3. The molecule has 1 aromatic carbocycles. The molecule has 1 unspecified atom stereocenters. The molecule has 5 nitrogen and oxygen atoms in total. The Kier molecular flexibility index (Phi) is 3.27. The molecule has 0 radical (unpaired) electrons. The van der Waals surface area contributed by atoms with Crippen molar-refractivity contribution < 1.29 is 9.84 Å². The van der Waals surface area contributed by atoms with Gasteiger partial charge >= 0.3 is 0 Å². The number of benzene rings is 1. The highest BCUT2D eigenvalue weighted by Crippen LogP contribution is 2.31. The third-order valence-corrected chi connectivity index (χ3v) is 4.11. The molecule has 112 valence electrons. The number of hydrogen-bond acceptors (Lipinski definition) is 4. The average molecular weight is 295 g/mol. The summed E-state index contributed by atoms with van der Waals surface area (Å²) in [4.78, 5) is 4.33. The lowest BCUT2D eigenvalue weighted by molar-refractivity contribution is -0.0383. The number of fused-ring (bicyclic) bond motifs is 1. The summed E-state index contributed by atoms with van der Waals surface area (Å²) in [5.74, 6) is 0.251. The van der Waals surface area contributed by atoms with Crippen LogP contribution in [0, 0.1) is 0 Å². The summed E-state index contributed by atoms with van der Waals surface area (Å²) in [5.41, 5.74) is 2.81. The molecular weight excluding hydrogens is 278 g/mol. The number of ether oxygens (including phenoxy) is 1. The van der Waals surface area contributed by atoms with Crippen LogP contribution in [-0.2, 0) is 4.74 Å². The molecule has 0 spiro atoms. The van der Waals surface area contributed by atoms with Gasteiger partial charge in [-0.25, -0.2) is 4.68 Å². The zero-order valence-electron chi connectivity index (χ0n) is 12.1. The SMILES string of the molecule is Oc1ccnc2cc(-c3ccnn3C3CCCCO3)ccc12. The van der Waals surface area contributed by atoms with Crippen molar-refractivity contribution in [3.63, 3.8) is 0 Å². The van der Waals surface area contributed by atoms with Crippen LogP contribution in [0.5, 0.6) is 5.75 Å². The number of pyridine rings is 1. The van der Waals surface area contributed by atoms with E-state index in [0.717, 1.165) is 48.0 Å². The fraction of sp³-hybridized carbons (Fsp3) is 0.294. The lowest BCUT2D eigenvalue weighted by Gasteiger charge is -2.24. The fourth-order valence-corrected chi connectivity index (χ4v) is 2.98. The van der Waals surface area contributed by atoms with Gasteiger partial charge in [0, 0.05) is 30.0 Å². The number of hydrogen-bond donors (Lipinski definition) is 1. The van der Waals surface area contributed by atoms with Gasteiger partial charge in [-0.2, -0.15) is 5.10 Å². The smallest absolute Gasteiger partial charge is 0.150 e. The zero-order valence-corrected chi connectivity index (χ0v) is 12.1. The molecule has 1 aliphatic heterocycles. The van der Waals surface area contributed by atoms with E-state index in [4.69, 9.17) is 4.74 Å². The van der Waals surface area contributed by atoms with Crippen molar-refractivity contribution in [3.05, 3.63) is 42.7 Å². The standard InChI is InChI=1S/C17H17N3O2/c21-16-7-8-18-14-11-12(4-5-13(14)16)15-6-9-19-20(15)17-3-1-2-10-22-17/h4-9,11,17H,1-3,10H2,(H,18,21). The van der Waals surface area contributed by atoms with Crippen LogP contribution in [0.25, 0.3) is 22.2 Å². The highest BCUT2D eigenvalue weighted by Gasteiger charge is 2.19. The highest BCUT2D eigenvalue weighted by atomic mass is 16.5. The van der Waals surface area contributed by atoms with Gasteiger partial charge in [0.2, 0.25) is 0 Å². The quantitative estimate of drug-likeness (QED) is 0.786. The Bertz CT molecular complexity index is 807. The van der Waals surface area contributed by atoms with Gasteiger partial charge in [0.15, 0.2) is 6.23 Å². The Labute approximate surface area is 128 Å². The van der Waals surface area contributed by atoms with E-state index in [1.54, 1.807) is 18.5 Å². The lowest BCUT2D eigenvalue weighted by Crippen LogP contribution is -2.19. The molecule has 22 heavy (non-hydrogen) atoms. The van der Waals surface area contributed by atoms with Gasteiger partial charge in [-0.15, -0.1) is 0 Å². The van der Waals surface area contributed by atoms with E-state index >= 15 is 0 Å². The monoisotopic (exact) mass is 295 g/mol. The highest BCUT2D eigenvalue weighted by molar-refractivity contribution is 5.88. The second-order valence-electron chi connectivity index (χ2n) is 5.54. The zero-order chi connectivity index (χ0) is 14.9. The molecule has 1 N–H and O–H groups in total. The Morgan fingerprint density at radius 1 is 1.14 bits per heavy atom. The minimum atomic E-state index is 0.00609. The summed E-state index contributed by atoms with van der Waals surface area (Å²) >= 11 is 0. The average Bonchev–Trinajstić information content (AvgIpc) is 3.05. The predicted octanol–water partition coefficient (Wildman–Crippen LogP) is 3.50. The summed E-state index contributed by atoms with van der Waals surface area (Å²) in [5, 5.41) is 15.1. The maximum absolute atomic E-state index is 9.87. The Balaban J connectivity index is 1.77. The van der Waals surface area contributed by atoms with E-state index < -0.39 is 0 Å². The minimum absolute atomic E-state index is 0.00609. The van der Waals surface area contributed by atoms with Crippen molar-refractivity contribution in [1.82, 2.24) is 14.8 Å². The van der Waals surface area contributed by atoms with Gasteiger partial charge in [-0.3, -0.25) is 4.98 Å². The van der Waals surface area contributed by atoms with Crippen LogP contribution in [0.1, 0.15) is 25.5 Å². The van der Waals surface area contributed by atoms with E-state index in [9.17, 15) is 5.11 Å². The molecule has 3 aromatic rings. The van der Waals surface area contributed by atoms with E-state index in [-0.39, 0.29) is 12.0 Å². The molecule has 0 bridgehead atoms. The summed E-state index contributed by atoms with van der Waals surface area (Å²) in [6.45, 7) is 0.789. The topological polar surface area (TPSA) is 60.2 Å². The van der Waals surface area contributed by atoms with Crippen LogP contribution in [0.2, 0.25) is 0 Å². The lowest BCUT2D eigenvalue weighted by atomic mass is 10.1. The molecule has 0 amide bonds. The van der Waals surface area contributed by atoms with Crippen LogP contribution >= 0.6 is 0 Å². The molecule has 2 aromatic heterocycles. The van der Waals surface area contributed by atoms with Crippen LogP contribution in [0.15, 0.2) is 42.7 Å². The summed E-state index contributed by atoms with van der Waals surface area (Å²) in [6.07, 6.45) is 6.69. The summed E-state index contributed by atoms with van der Waals surface area (Å²) < 4.78 is 7.78. The molecule has 4 rings (SSSR count). The van der Waals surface area contributed by atoms with Gasteiger partial charge in [-0.05, 0) is 43.5 Å². The first-order valence-corrected chi connectivity index (χ1v) is 7.56. The van der Waals surface area contributed by atoms with Crippen LogP contribution in [0.3, 0.4) is 0 Å². The van der Waals surface area contributed by atoms with Gasteiger partial charge in [0.1, 0.15) is 5.75 Å². The fourth-order valence-electron chi connectivity index (χ4n) is 2.98. The largest absolute Gasteiger partial charge is 0.507 e. The van der Waals surface area contributed by atoms with Crippen molar-refractivity contribution in [2.75, 3.05) is 6.61 Å². The normalized spacial score (nSPS) is 18.6. The Hall–Kier alpha value is -2.40. The molecular formula is C17H17N3O2. The van der Waals surface area contributed by atoms with E-state index in [0.29, 0.717) is 0 Å². The van der Waals surface area contributed by atoms with Crippen molar-refractivity contribution >= 4 is 10.9 Å². The Morgan fingerprint density at radius 3 is 2.95 bits per heavy atom. The van der Waals surface area contributed by atoms with Crippen molar-refractivity contribution in [2.24, 2.45) is 0 Å². The second-order valence-corrected chi connectivity index (χ2v) is 5.54. The maximum atomic E-state index is 9.87. The van der Waals surface area contributed by atoms with Crippen LogP contribution in [-0.4, -0.2) is 26.5 Å². The third-order valence-electron chi connectivity index (χ3n) is 4.11. The molecule has 5 heteroatoms. The molecule has 1 saturated heterocycles.